The quantitative estimate of drug-likeness (QED) is 0.704. The predicted octanol–water partition coefficient (Wildman–Crippen LogP) is 3.30. The first-order chi connectivity index (χ1) is 13.8. The first-order valence-electron chi connectivity index (χ1n) is 9.48. The molecule has 1 saturated carbocycles. The van der Waals surface area contributed by atoms with Gasteiger partial charge in [-0.2, -0.15) is 0 Å². The first kappa shape index (κ1) is 21.0. The second-order valence-corrected chi connectivity index (χ2v) is 9.43. The van der Waals surface area contributed by atoms with Crippen molar-refractivity contribution in [3.63, 3.8) is 0 Å². The van der Waals surface area contributed by atoms with E-state index < -0.39 is 26.8 Å². The Morgan fingerprint density at radius 3 is 2.17 bits per heavy atom. The zero-order valence-electron chi connectivity index (χ0n) is 16.0. The Balaban J connectivity index is 1.63. The minimum atomic E-state index is -3.95. The van der Waals surface area contributed by atoms with Crippen LogP contribution in [0.3, 0.4) is 0 Å². The molecule has 0 aliphatic heterocycles. The average molecular weight is 418 g/mol. The Labute approximate surface area is 169 Å². The van der Waals surface area contributed by atoms with Crippen LogP contribution < -0.4 is 10.6 Å². The van der Waals surface area contributed by atoms with E-state index in [2.05, 4.69) is 10.6 Å². The summed E-state index contributed by atoms with van der Waals surface area (Å²) >= 11 is 0. The van der Waals surface area contributed by atoms with E-state index in [-0.39, 0.29) is 16.8 Å². The van der Waals surface area contributed by atoms with Crippen LogP contribution in [-0.2, 0) is 14.6 Å². The van der Waals surface area contributed by atoms with E-state index in [0.29, 0.717) is 11.3 Å². The van der Waals surface area contributed by atoms with Crippen molar-refractivity contribution in [3.05, 3.63) is 59.9 Å². The lowest BCUT2D eigenvalue weighted by atomic mass is 10.1. The van der Waals surface area contributed by atoms with Gasteiger partial charge in [0.25, 0.3) is 5.91 Å². The van der Waals surface area contributed by atoms with Crippen molar-refractivity contribution >= 4 is 27.3 Å². The summed E-state index contributed by atoms with van der Waals surface area (Å²) in [5, 5.41) is 4.16. The van der Waals surface area contributed by atoms with Gasteiger partial charge in [-0.25, -0.2) is 12.8 Å². The van der Waals surface area contributed by atoms with Crippen molar-refractivity contribution in [2.75, 3.05) is 5.32 Å². The van der Waals surface area contributed by atoms with Gasteiger partial charge in [0.2, 0.25) is 5.91 Å². The van der Waals surface area contributed by atoms with E-state index in [9.17, 15) is 22.4 Å². The number of amides is 2. The summed E-state index contributed by atoms with van der Waals surface area (Å²) in [5.74, 6) is -1.43. The molecule has 154 valence electrons. The van der Waals surface area contributed by atoms with Gasteiger partial charge in [-0.3, -0.25) is 9.59 Å². The molecule has 1 aliphatic rings. The Morgan fingerprint density at radius 1 is 1.00 bits per heavy atom. The third-order valence-corrected chi connectivity index (χ3v) is 7.16. The molecule has 0 aromatic heterocycles. The van der Waals surface area contributed by atoms with Gasteiger partial charge < -0.3 is 10.6 Å². The van der Waals surface area contributed by atoms with Crippen molar-refractivity contribution in [1.29, 1.82) is 0 Å². The van der Waals surface area contributed by atoms with Gasteiger partial charge in [-0.05, 0) is 68.3 Å². The molecule has 2 N–H and O–H groups in total. The molecule has 0 saturated heterocycles. The fourth-order valence-corrected chi connectivity index (χ4v) is 4.52. The standard InChI is InChI=1S/C21H23FN2O4S/c1-14(29(27,28)19-12-8-16(22)9-13-19)20(25)23-18-10-6-15(7-11-18)21(26)24-17-4-2-3-5-17/h6-14,17H,2-5H2,1H3,(H,23,25)(H,24,26). The van der Waals surface area contributed by atoms with Gasteiger partial charge in [0.05, 0.1) is 4.90 Å². The Kier molecular flexibility index (Phi) is 6.32. The second-order valence-electron chi connectivity index (χ2n) is 7.16. The van der Waals surface area contributed by atoms with Crippen molar-refractivity contribution in [2.24, 2.45) is 0 Å². The third-order valence-electron chi connectivity index (χ3n) is 5.08. The molecule has 2 aromatic carbocycles. The van der Waals surface area contributed by atoms with E-state index in [0.717, 1.165) is 49.9 Å². The lowest BCUT2D eigenvalue weighted by Gasteiger charge is -2.14. The maximum atomic E-state index is 13.0. The van der Waals surface area contributed by atoms with Gasteiger partial charge in [0.15, 0.2) is 9.84 Å². The number of hydrogen-bond donors (Lipinski definition) is 2. The molecule has 8 heteroatoms. The number of carbonyl (C=O) groups is 2. The van der Waals surface area contributed by atoms with Crippen LogP contribution in [0.5, 0.6) is 0 Å². The van der Waals surface area contributed by atoms with Gasteiger partial charge in [0.1, 0.15) is 11.1 Å². The normalized spacial score (nSPS) is 15.7. The molecule has 1 aliphatic carbocycles. The molecule has 3 rings (SSSR count). The fraction of sp³-hybridized carbons (Fsp3) is 0.333. The number of sulfone groups is 1. The van der Waals surface area contributed by atoms with Crippen LogP contribution >= 0.6 is 0 Å². The smallest absolute Gasteiger partial charge is 0.251 e. The first-order valence-corrected chi connectivity index (χ1v) is 11.0. The van der Waals surface area contributed by atoms with E-state index >= 15 is 0 Å². The third kappa shape index (κ3) is 5.00. The Hall–Kier alpha value is -2.74. The molecule has 29 heavy (non-hydrogen) atoms. The molecule has 0 heterocycles. The van der Waals surface area contributed by atoms with Gasteiger partial charge in [-0.15, -0.1) is 0 Å². The molecule has 2 aromatic rings. The number of anilines is 1. The lowest BCUT2D eigenvalue weighted by molar-refractivity contribution is -0.115. The summed E-state index contributed by atoms with van der Waals surface area (Å²) in [6.07, 6.45) is 4.21. The zero-order valence-corrected chi connectivity index (χ0v) is 16.8. The minimum absolute atomic E-state index is 0.125. The SMILES string of the molecule is CC(C(=O)Nc1ccc(C(=O)NC2CCCC2)cc1)S(=O)(=O)c1ccc(F)cc1. The van der Waals surface area contributed by atoms with Gasteiger partial charge >= 0.3 is 0 Å². The lowest BCUT2D eigenvalue weighted by Crippen LogP contribution is -2.33. The van der Waals surface area contributed by atoms with E-state index in [1.54, 1.807) is 24.3 Å². The van der Waals surface area contributed by atoms with Crippen LogP contribution in [0, 0.1) is 5.82 Å². The number of carbonyl (C=O) groups excluding carboxylic acids is 2. The number of hydrogen-bond acceptors (Lipinski definition) is 4. The van der Waals surface area contributed by atoms with Gasteiger partial charge in [0, 0.05) is 17.3 Å². The number of benzene rings is 2. The Morgan fingerprint density at radius 2 is 1.59 bits per heavy atom. The van der Waals surface area contributed by atoms with Crippen LogP contribution in [-0.4, -0.2) is 31.5 Å². The molecular weight excluding hydrogens is 395 g/mol. The van der Waals surface area contributed by atoms with Crippen molar-refractivity contribution in [3.8, 4) is 0 Å². The van der Waals surface area contributed by atoms with E-state index in [1.807, 2.05) is 0 Å². The molecular formula is C21H23FN2O4S. The van der Waals surface area contributed by atoms with Gasteiger partial charge in [-0.1, -0.05) is 12.8 Å². The summed E-state index contributed by atoms with van der Waals surface area (Å²) in [7, 11) is -3.95. The highest BCUT2D eigenvalue weighted by atomic mass is 32.2. The number of rotatable bonds is 6. The van der Waals surface area contributed by atoms with E-state index in [1.165, 1.54) is 6.92 Å². The summed E-state index contributed by atoms with van der Waals surface area (Å²) in [4.78, 5) is 24.5. The second kappa shape index (κ2) is 8.73. The summed E-state index contributed by atoms with van der Waals surface area (Å²) < 4.78 is 38.1. The van der Waals surface area contributed by atoms with Crippen molar-refractivity contribution in [2.45, 2.75) is 48.8 Å². The van der Waals surface area contributed by atoms with Crippen molar-refractivity contribution < 1.29 is 22.4 Å². The highest BCUT2D eigenvalue weighted by Crippen LogP contribution is 2.20. The van der Waals surface area contributed by atoms with Crippen LogP contribution in [0.2, 0.25) is 0 Å². The molecule has 2 amide bonds. The molecule has 0 spiro atoms. The fourth-order valence-electron chi connectivity index (χ4n) is 3.26. The molecule has 1 fully saturated rings. The van der Waals surface area contributed by atoms with Crippen LogP contribution in [0.1, 0.15) is 43.0 Å². The summed E-state index contributed by atoms with van der Waals surface area (Å²) in [6, 6.07) is 10.8. The summed E-state index contributed by atoms with van der Waals surface area (Å²) in [5.41, 5.74) is 0.857. The number of halogens is 1. The predicted molar refractivity (Wildman–Crippen MR) is 108 cm³/mol. The number of nitrogens with one attached hydrogen (secondary N) is 2. The van der Waals surface area contributed by atoms with Crippen LogP contribution in [0.15, 0.2) is 53.4 Å². The average Bonchev–Trinajstić information content (AvgIpc) is 3.21. The molecule has 1 unspecified atom stereocenters. The monoisotopic (exact) mass is 418 g/mol. The van der Waals surface area contributed by atoms with Crippen molar-refractivity contribution in [1.82, 2.24) is 5.32 Å². The molecule has 0 radical (unpaired) electrons. The topological polar surface area (TPSA) is 92.3 Å². The Bertz CT molecular complexity index is 982. The summed E-state index contributed by atoms with van der Waals surface area (Å²) in [6.45, 7) is 1.28. The molecule has 6 nitrogen and oxygen atoms in total. The van der Waals surface area contributed by atoms with Crippen LogP contribution in [0.25, 0.3) is 0 Å². The highest BCUT2D eigenvalue weighted by molar-refractivity contribution is 7.92. The van der Waals surface area contributed by atoms with E-state index in [4.69, 9.17) is 0 Å². The molecule has 0 bridgehead atoms. The largest absolute Gasteiger partial charge is 0.349 e. The zero-order chi connectivity index (χ0) is 21.0. The maximum absolute atomic E-state index is 13.0. The maximum Gasteiger partial charge on any atom is 0.251 e. The van der Waals surface area contributed by atoms with Crippen LogP contribution in [0.4, 0.5) is 10.1 Å². The minimum Gasteiger partial charge on any atom is -0.349 e. The molecule has 1 atom stereocenters. The highest BCUT2D eigenvalue weighted by Gasteiger charge is 2.30.